The van der Waals surface area contributed by atoms with E-state index in [4.69, 9.17) is 10.2 Å². The number of hydrogen-bond acceptors (Lipinski definition) is 3. The van der Waals surface area contributed by atoms with Crippen LogP contribution in [0.15, 0.2) is 18.2 Å². The van der Waals surface area contributed by atoms with E-state index in [2.05, 4.69) is 5.32 Å². The number of phenols is 1. The number of carboxylic acids is 1. The molecule has 1 aromatic rings. The third-order valence-corrected chi connectivity index (χ3v) is 2.15. The maximum atomic E-state index is 10.6. The van der Waals surface area contributed by atoms with Crippen LogP contribution in [0.2, 0.25) is 0 Å². The van der Waals surface area contributed by atoms with Crippen molar-refractivity contribution in [2.45, 2.75) is 12.5 Å². The molecule has 2 rings (SSSR count). The zero-order valence-electron chi connectivity index (χ0n) is 6.82. The van der Waals surface area contributed by atoms with Gasteiger partial charge >= 0.3 is 5.97 Å². The molecule has 0 bridgehead atoms. The second-order valence-electron chi connectivity index (χ2n) is 3.08. The molecule has 1 aliphatic heterocycles. The maximum Gasteiger partial charge on any atom is 0.326 e. The van der Waals surface area contributed by atoms with Crippen LogP contribution in [0.5, 0.6) is 5.75 Å². The fourth-order valence-corrected chi connectivity index (χ4v) is 1.48. The van der Waals surface area contributed by atoms with E-state index in [1.807, 2.05) is 0 Å². The first-order valence-corrected chi connectivity index (χ1v) is 3.98. The van der Waals surface area contributed by atoms with E-state index in [-0.39, 0.29) is 5.75 Å². The van der Waals surface area contributed by atoms with Gasteiger partial charge in [0.15, 0.2) is 0 Å². The van der Waals surface area contributed by atoms with Crippen molar-refractivity contribution in [2.75, 3.05) is 5.32 Å². The van der Waals surface area contributed by atoms with Crippen LogP contribution in [0.4, 0.5) is 5.69 Å². The minimum Gasteiger partial charge on any atom is -0.508 e. The molecule has 1 atom stereocenters. The molecular formula is C9H9NO3. The maximum absolute atomic E-state index is 10.6. The average Bonchev–Trinajstić information content (AvgIpc) is 2.46. The Balaban J connectivity index is 2.30. The Kier molecular flexibility index (Phi) is 1.62. The number of benzene rings is 1. The third kappa shape index (κ3) is 1.30. The number of aromatic hydroxyl groups is 1. The van der Waals surface area contributed by atoms with Crippen LogP contribution in [-0.2, 0) is 11.2 Å². The molecule has 1 aromatic carbocycles. The van der Waals surface area contributed by atoms with Gasteiger partial charge in [-0.1, -0.05) is 6.07 Å². The van der Waals surface area contributed by atoms with Crippen LogP contribution < -0.4 is 5.32 Å². The van der Waals surface area contributed by atoms with Gasteiger partial charge in [0.2, 0.25) is 0 Å². The molecule has 0 amide bonds. The Labute approximate surface area is 74.8 Å². The molecule has 0 spiro atoms. The van der Waals surface area contributed by atoms with Crippen molar-refractivity contribution in [1.29, 1.82) is 0 Å². The molecule has 0 aromatic heterocycles. The summed E-state index contributed by atoms with van der Waals surface area (Å²) in [7, 11) is 0. The predicted octanol–water partition coefficient (Wildman–Crippen LogP) is 0.813. The summed E-state index contributed by atoms with van der Waals surface area (Å²) in [6.07, 6.45) is 0.477. The molecular weight excluding hydrogens is 170 g/mol. The van der Waals surface area contributed by atoms with E-state index in [9.17, 15) is 4.79 Å². The van der Waals surface area contributed by atoms with E-state index < -0.39 is 12.0 Å². The van der Waals surface area contributed by atoms with E-state index >= 15 is 0 Å². The SMILES string of the molecule is O=C(O)[C@H]1Cc2ccc(O)cc2N1. The highest BCUT2D eigenvalue weighted by molar-refractivity contribution is 5.81. The van der Waals surface area contributed by atoms with Crippen molar-refractivity contribution in [3.8, 4) is 5.75 Å². The first-order valence-electron chi connectivity index (χ1n) is 3.98. The normalized spacial score (nSPS) is 19.2. The molecule has 0 saturated heterocycles. The zero-order valence-corrected chi connectivity index (χ0v) is 6.82. The molecule has 68 valence electrons. The molecule has 0 saturated carbocycles. The summed E-state index contributed by atoms with van der Waals surface area (Å²) in [5.41, 5.74) is 1.65. The van der Waals surface area contributed by atoms with Gasteiger partial charge in [0.1, 0.15) is 11.8 Å². The van der Waals surface area contributed by atoms with Crippen LogP contribution in [0.25, 0.3) is 0 Å². The van der Waals surface area contributed by atoms with Gasteiger partial charge in [-0.2, -0.15) is 0 Å². The quantitative estimate of drug-likeness (QED) is 0.596. The summed E-state index contributed by atoms with van der Waals surface area (Å²) in [5.74, 6) is -0.715. The molecule has 4 heteroatoms. The highest BCUT2D eigenvalue weighted by Gasteiger charge is 2.25. The van der Waals surface area contributed by atoms with E-state index in [0.29, 0.717) is 12.1 Å². The summed E-state index contributed by atoms with van der Waals surface area (Å²) < 4.78 is 0. The van der Waals surface area contributed by atoms with Crippen molar-refractivity contribution < 1.29 is 15.0 Å². The van der Waals surface area contributed by atoms with Crippen molar-refractivity contribution in [3.63, 3.8) is 0 Å². The summed E-state index contributed by atoms with van der Waals surface area (Å²) in [5, 5.41) is 20.7. The van der Waals surface area contributed by atoms with E-state index in [1.54, 1.807) is 12.1 Å². The van der Waals surface area contributed by atoms with Gasteiger partial charge in [-0.15, -0.1) is 0 Å². The molecule has 13 heavy (non-hydrogen) atoms. The number of fused-ring (bicyclic) bond motifs is 1. The zero-order chi connectivity index (χ0) is 9.42. The first kappa shape index (κ1) is 7.91. The molecule has 0 aliphatic carbocycles. The molecule has 1 aliphatic rings. The highest BCUT2D eigenvalue weighted by atomic mass is 16.4. The van der Waals surface area contributed by atoms with Crippen LogP contribution in [0.3, 0.4) is 0 Å². The lowest BCUT2D eigenvalue weighted by atomic mass is 10.1. The van der Waals surface area contributed by atoms with Crippen LogP contribution in [0, 0.1) is 0 Å². The fraction of sp³-hybridized carbons (Fsp3) is 0.222. The van der Waals surface area contributed by atoms with Gasteiger partial charge in [-0.3, -0.25) is 0 Å². The van der Waals surface area contributed by atoms with Gasteiger partial charge in [-0.25, -0.2) is 4.79 Å². The number of anilines is 1. The summed E-state index contributed by atoms with van der Waals surface area (Å²) >= 11 is 0. The molecule has 0 fully saturated rings. The number of aliphatic carboxylic acids is 1. The van der Waals surface area contributed by atoms with Crippen LogP contribution in [-0.4, -0.2) is 22.2 Å². The minimum absolute atomic E-state index is 0.150. The largest absolute Gasteiger partial charge is 0.508 e. The Bertz CT molecular complexity index is 362. The van der Waals surface area contributed by atoms with Crippen LogP contribution in [0.1, 0.15) is 5.56 Å². The number of rotatable bonds is 1. The van der Waals surface area contributed by atoms with Gasteiger partial charge in [0.25, 0.3) is 0 Å². The van der Waals surface area contributed by atoms with Gasteiger partial charge in [-0.05, 0) is 11.6 Å². The molecule has 0 unspecified atom stereocenters. The number of carboxylic acid groups (broad SMARTS) is 1. The smallest absolute Gasteiger partial charge is 0.326 e. The molecule has 4 nitrogen and oxygen atoms in total. The lowest BCUT2D eigenvalue weighted by molar-refractivity contribution is -0.137. The minimum atomic E-state index is -0.865. The topological polar surface area (TPSA) is 69.6 Å². The predicted molar refractivity (Wildman–Crippen MR) is 46.9 cm³/mol. The summed E-state index contributed by atoms with van der Waals surface area (Å²) in [6, 6.07) is 4.28. The number of carbonyl (C=O) groups is 1. The van der Waals surface area contributed by atoms with Gasteiger partial charge < -0.3 is 15.5 Å². The van der Waals surface area contributed by atoms with Crippen molar-refractivity contribution in [2.24, 2.45) is 0 Å². The number of hydrogen-bond donors (Lipinski definition) is 3. The first-order chi connectivity index (χ1) is 6.16. The molecule has 3 N–H and O–H groups in total. The molecule has 1 heterocycles. The average molecular weight is 179 g/mol. The third-order valence-electron chi connectivity index (χ3n) is 2.15. The van der Waals surface area contributed by atoms with Gasteiger partial charge in [0.05, 0.1) is 0 Å². The van der Waals surface area contributed by atoms with Gasteiger partial charge in [0, 0.05) is 18.2 Å². The Morgan fingerprint density at radius 3 is 3.00 bits per heavy atom. The fourth-order valence-electron chi connectivity index (χ4n) is 1.48. The Hall–Kier alpha value is -1.71. The Morgan fingerprint density at radius 2 is 2.31 bits per heavy atom. The standard InChI is InChI=1S/C9H9NO3/c11-6-2-1-5-3-8(9(12)13)10-7(5)4-6/h1-2,4,8,10-11H,3H2,(H,12,13)/t8-/m1/s1. The van der Waals surface area contributed by atoms with Crippen LogP contribution >= 0.6 is 0 Å². The lowest BCUT2D eigenvalue weighted by Gasteiger charge is -2.03. The number of nitrogens with one attached hydrogen (secondary N) is 1. The monoisotopic (exact) mass is 179 g/mol. The van der Waals surface area contributed by atoms with E-state index in [1.165, 1.54) is 6.07 Å². The summed E-state index contributed by atoms with van der Waals surface area (Å²) in [4.78, 5) is 10.6. The van der Waals surface area contributed by atoms with E-state index in [0.717, 1.165) is 5.56 Å². The lowest BCUT2D eigenvalue weighted by Crippen LogP contribution is -2.26. The van der Waals surface area contributed by atoms with Crippen molar-refractivity contribution in [1.82, 2.24) is 0 Å². The second-order valence-corrected chi connectivity index (χ2v) is 3.08. The Morgan fingerprint density at radius 1 is 1.54 bits per heavy atom. The number of phenolic OH excluding ortho intramolecular Hbond substituents is 1. The second kappa shape index (κ2) is 2.65. The van der Waals surface area contributed by atoms with Crippen molar-refractivity contribution >= 4 is 11.7 Å². The molecule has 0 radical (unpaired) electrons. The van der Waals surface area contributed by atoms with Crippen molar-refractivity contribution in [3.05, 3.63) is 23.8 Å². The highest BCUT2D eigenvalue weighted by Crippen LogP contribution is 2.29. The summed E-state index contributed by atoms with van der Waals surface area (Å²) in [6.45, 7) is 0.